The van der Waals surface area contributed by atoms with Crippen molar-refractivity contribution in [1.29, 1.82) is 0 Å². The summed E-state index contributed by atoms with van der Waals surface area (Å²) in [5.74, 6) is -0.00680. The normalized spacial score (nSPS) is 12.8. The third-order valence-electron chi connectivity index (χ3n) is 2.26. The highest BCUT2D eigenvalue weighted by atomic mass is 79.9. The maximum Gasteiger partial charge on any atom is 0.261 e. The topological polar surface area (TPSA) is 32.3 Å². The van der Waals surface area contributed by atoms with Crippen LogP contribution in [0.5, 0.6) is 0 Å². The first-order chi connectivity index (χ1) is 7.90. The van der Waals surface area contributed by atoms with Crippen molar-refractivity contribution in [1.82, 2.24) is 10.2 Å². The average Bonchev–Trinajstić information content (AvgIpc) is 2.56. The minimum Gasteiger partial charge on any atom is -0.349 e. The SMILES string of the molecule is CC(CCN(C)C)NC(=O)c1cc(Br)c(Br)s1. The average molecular weight is 384 g/mol. The Bertz CT molecular complexity index is 373. The molecular formula is C11H16Br2N2OS. The largest absolute Gasteiger partial charge is 0.349 e. The third kappa shape index (κ3) is 5.07. The fraction of sp³-hybridized carbons (Fsp3) is 0.545. The number of amides is 1. The number of halogens is 2. The number of hydrogen-bond donors (Lipinski definition) is 1. The van der Waals surface area contributed by atoms with Gasteiger partial charge in [0.1, 0.15) is 0 Å². The van der Waals surface area contributed by atoms with Gasteiger partial charge in [0.2, 0.25) is 0 Å². The molecule has 1 aromatic heterocycles. The first-order valence-corrected chi connectivity index (χ1v) is 7.71. The van der Waals surface area contributed by atoms with Gasteiger partial charge in [-0.25, -0.2) is 0 Å². The molecule has 3 nitrogen and oxygen atoms in total. The predicted octanol–water partition coefficient (Wildman–Crippen LogP) is 3.34. The molecule has 1 heterocycles. The van der Waals surface area contributed by atoms with E-state index in [0.717, 1.165) is 26.1 Å². The van der Waals surface area contributed by atoms with E-state index in [2.05, 4.69) is 42.1 Å². The van der Waals surface area contributed by atoms with Gasteiger partial charge in [-0.05, 0) is 71.9 Å². The monoisotopic (exact) mass is 382 g/mol. The zero-order valence-electron chi connectivity index (χ0n) is 10.1. The van der Waals surface area contributed by atoms with Gasteiger partial charge in [-0.3, -0.25) is 4.79 Å². The van der Waals surface area contributed by atoms with Gasteiger partial charge in [0.25, 0.3) is 5.91 Å². The van der Waals surface area contributed by atoms with E-state index in [9.17, 15) is 4.79 Å². The Morgan fingerprint density at radius 1 is 1.53 bits per heavy atom. The molecule has 1 atom stereocenters. The highest BCUT2D eigenvalue weighted by Gasteiger charge is 2.14. The predicted molar refractivity (Wildman–Crippen MR) is 79.8 cm³/mol. The molecule has 1 rings (SSSR count). The van der Waals surface area contributed by atoms with Gasteiger partial charge in [0.15, 0.2) is 0 Å². The molecule has 1 N–H and O–H groups in total. The summed E-state index contributed by atoms with van der Waals surface area (Å²) in [6.07, 6.45) is 0.951. The second kappa shape index (κ2) is 6.87. The van der Waals surface area contributed by atoms with Crippen molar-refractivity contribution in [3.63, 3.8) is 0 Å². The van der Waals surface area contributed by atoms with Crippen LogP contribution in [0.15, 0.2) is 14.3 Å². The van der Waals surface area contributed by atoms with Gasteiger partial charge in [0, 0.05) is 10.5 Å². The highest BCUT2D eigenvalue weighted by molar-refractivity contribution is 9.13. The molecule has 0 saturated carbocycles. The lowest BCUT2D eigenvalue weighted by atomic mass is 10.2. The van der Waals surface area contributed by atoms with Crippen molar-refractivity contribution in [3.05, 3.63) is 19.2 Å². The molecule has 1 unspecified atom stereocenters. The van der Waals surface area contributed by atoms with E-state index < -0.39 is 0 Å². The maximum absolute atomic E-state index is 11.9. The first kappa shape index (κ1) is 15.1. The molecule has 0 aromatic carbocycles. The molecule has 1 aromatic rings. The number of thiophene rings is 1. The fourth-order valence-corrected chi connectivity index (χ4v) is 3.22. The number of nitrogens with one attached hydrogen (secondary N) is 1. The Labute approximate surface area is 123 Å². The number of carbonyl (C=O) groups excluding carboxylic acids is 1. The molecule has 0 saturated heterocycles. The lowest BCUT2D eigenvalue weighted by molar-refractivity contribution is 0.0941. The van der Waals surface area contributed by atoms with E-state index >= 15 is 0 Å². The molecule has 0 bridgehead atoms. The Balaban J connectivity index is 2.48. The minimum absolute atomic E-state index is 0.00680. The van der Waals surface area contributed by atoms with Gasteiger partial charge in [0.05, 0.1) is 8.66 Å². The van der Waals surface area contributed by atoms with Gasteiger partial charge in [-0.2, -0.15) is 0 Å². The van der Waals surface area contributed by atoms with Gasteiger partial charge in [-0.1, -0.05) is 0 Å². The molecule has 1 amide bonds. The minimum atomic E-state index is -0.00680. The summed E-state index contributed by atoms with van der Waals surface area (Å²) in [5.41, 5.74) is 0. The van der Waals surface area contributed by atoms with Gasteiger partial charge >= 0.3 is 0 Å². The van der Waals surface area contributed by atoms with E-state index in [4.69, 9.17) is 0 Å². The molecule has 0 fully saturated rings. The van der Waals surface area contributed by atoms with E-state index in [1.807, 2.05) is 27.1 Å². The van der Waals surface area contributed by atoms with Crippen molar-refractivity contribution in [2.75, 3.05) is 20.6 Å². The smallest absolute Gasteiger partial charge is 0.261 e. The van der Waals surface area contributed by atoms with Crippen LogP contribution in [0.3, 0.4) is 0 Å². The van der Waals surface area contributed by atoms with Crippen LogP contribution in [0.1, 0.15) is 23.0 Å². The van der Waals surface area contributed by atoms with E-state index in [1.54, 1.807) is 0 Å². The zero-order valence-corrected chi connectivity index (χ0v) is 14.1. The van der Waals surface area contributed by atoms with Crippen LogP contribution < -0.4 is 5.32 Å². The molecule has 96 valence electrons. The summed E-state index contributed by atoms with van der Waals surface area (Å²) >= 11 is 8.20. The quantitative estimate of drug-likeness (QED) is 0.845. The summed E-state index contributed by atoms with van der Waals surface area (Å²) in [7, 11) is 4.06. The number of nitrogens with zero attached hydrogens (tertiary/aromatic N) is 1. The van der Waals surface area contributed by atoms with E-state index in [0.29, 0.717) is 0 Å². The molecule has 0 aliphatic rings. The molecule has 0 aliphatic carbocycles. The summed E-state index contributed by atoms with van der Waals surface area (Å²) in [4.78, 5) is 14.7. The number of carbonyl (C=O) groups is 1. The van der Waals surface area contributed by atoms with Crippen LogP contribution in [0.2, 0.25) is 0 Å². The lowest BCUT2D eigenvalue weighted by Gasteiger charge is -2.16. The first-order valence-electron chi connectivity index (χ1n) is 5.30. The summed E-state index contributed by atoms with van der Waals surface area (Å²) in [6, 6.07) is 2.02. The molecule has 0 aliphatic heterocycles. The van der Waals surface area contributed by atoms with Crippen LogP contribution in [-0.4, -0.2) is 37.5 Å². The standard InChI is InChI=1S/C11H16Br2N2OS/c1-7(4-5-15(2)3)14-11(16)9-6-8(12)10(13)17-9/h6-7H,4-5H2,1-3H3,(H,14,16). The van der Waals surface area contributed by atoms with Crippen molar-refractivity contribution in [3.8, 4) is 0 Å². The van der Waals surface area contributed by atoms with Crippen LogP contribution in [-0.2, 0) is 0 Å². The lowest BCUT2D eigenvalue weighted by Crippen LogP contribution is -2.34. The molecular weight excluding hydrogens is 368 g/mol. The van der Waals surface area contributed by atoms with Crippen LogP contribution >= 0.6 is 43.2 Å². The van der Waals surface area contributed by atoms with Crippen LogP contribution in [0.25, 0.3) is 0 Å². The summed E-state index contributed by atoms with van der Waals surface area (Å²) < 4.78 is 1.87. The number of rotatable bonds is 5. The number of hydrogen-bond acceptors (Lipinski definition) is 3. The summed E-state index contributed by atoms with van der Waals surface area (Å²) in [5, 5.41) is 3.00. The Morgan fingerprint density at radius 3 is 2.65 bits per heavy atom. The Morgan fingerprint density at radius 2 is 2.18 bits per heavy atom. The van der Waals surface area contributed by atoms with Crippen molar-refractivity contribution in [2.45, 2.75) is 19.4 Å². The van der Waals surface area contributed by atoms with Crippen molar-refractivity contribution in [2.24, 2.45) is 0 Å². The van der Waals surface area contributed by atoms with E-state index in [1.165, 1.54) is 11.3 Å². The second-order valence-corrected chi connectivity index (χ2v) is 7.42. The summed E-state index contributed by atoms with van der Waals surface area (Å²) in [6.45, 7) is 3.00. The van der Waals surface area contributed by atoms with Crippen molar-refractivity contribution >= 4 is 49.1 Å². The van der Waals surface area contributed by atoms with Crippen LogP contribution in [0.4, 0.5) is 0 Å². The van der Waals surface area contributed by atoms with Gasteiger partial charge < -0.3 is 10.2 Å². The molecule has 17 heavy (non-hydrogen) atoms. The van der Waals surface area contributed by atoms with Crippen LogP contribution in [0, 0.1) is 0 Å². The van der Waals surface area contributed by atoms with Gasteiger partial charge in [-0.15, -0.1) is 11.3 Å². The molecule has 0 spiro atoms. The Hall–Kier alpha value is 0.0900. The molecule has 0 radical (unpaired) electrons. The Kier molecular flexibility index (Phi) is 6.12. The highest BCUT2D eigenvalue weighted by Crippen LogP contribution is 2.32. The molecule has 6 heteroatoms. The zero-order chi connectivity index (χ0) is 13.0. The second-order valence-electron chi connectivity index (χ2n) is 4.20. The maximum atomic E-state index is 11.9. The fourth-order valence-electron chi connectivity index (χ4n) is 1.28. The third-order valence-corrected chi connectivity index (χ3v) is 5.51. The van der Waals surface area contributed by atoms with Crippen molar-refractivity contribution < 1.29 is 4.79 Å². The van der Waals surface area contributed by atoms with E-state index in [-0.39, 0.29) is 11.9 Å².